The Balaban J connectivity index is 3.62. The highest BCUT2D eigenvalue weighted by molar-refractivity contribution is 5.90. The van der Waals surface area contributed by atoms with Crippen LogP contribution in [-0.4, -0.2) is 16.0 Å². The number of nitrogen functional groups attached to an aromatic ring is 1. The van der Waals surface area contributed by atoms with Crippen LogP contribution in [0.3, 0.4) is 0 Å². The van der Waals surface area contributed by atoms with E-state index in [1.807, 2.05) is 0 Å². The minimum Gasteiger partial charge on any atom is -0.478 e. The van der Waals surface area contributed by atoms with Crippen LogP contribution in [0, 0.1) is 10.1 Å². The SMILES string of the molecule is Nc1cc(C(=O)O)cc(C(F)(F)F)c1[N+](=O)[O-]. The summed E-state index contributed by atoms with van der Waals surface area (Å²) in [6, 6.07) is 0.784. The summed E-state index contributed by atoms with van der Waals surface area (Å²) in [6.45, 7) is 0. The van der Waals surface area contributed by atoms with Gasteiger partial charge in [0.15, 0.2) is 0 Å². The van der Waals surface area contributed by atoms with Crippen molar-refractivity contribution in [3.63, 3.8) is 0 Å². The van der Waals surface area contributed by atoms with Gasteiger partial charge in [0, 0.05) is 0 Å². The topological polar surface area (TPSA) is 106 Å². The molecule has 9 heteroatoms. The number of aromatic carboxylic acids is 1. The van der Waals surface area contributed by atoms with Crippen LogP contribution in [0.1, 0.15) is 15.9 Å². The van der Waals surface area contributed by atoms with Crippen molar-refractivity contribution in [3.8, 4) is 0 Å². The predicted molar refractivity (Wildman–Crippen MR) is 49.5 cm³/mol. The zero-order valence-electron chi connectivity index (χ0n) is 7.99. The highest BCUT2D eigenvalue weighted by atomic mass is 19.4. The lowest BCUT2D eigenvalue weighted by molar-refractivity contribution is -0.387. The van der Waals surface area contributed by atoms with Crippen LogP contribution in [0.25, 0.3) is 0 Å². The monoisotopic (exact) mass is 250 g/mol. The number of halogens is 3. The maximum atomic E-state index is 12.5. The van der Waals surface area contributed by atoms with Crippen molar-refractivity contribution in [3.05, 3.63) is 33.4 Å². The highest BCUT2D eigenvalue weighted by Gasteiger charge is 2.40. The second-order valence-electron chi connectivity index (χ2n) is 3.02. The normalized spacial score (nSPS) is 11.2. The lowest BCUT2D eigenvalue weighted by Gasteiger charge is -2.09. The summed E-state index contributed by atoms with van der Waals surface area (Å²) in [7, 11) is 0. The molecule has 0 aliphatic carbocycles. The van der Waals surface area contributed by atoms with Crippen LogP contribution >= 0.6 is 0 Å². The van der Waals surface area contributed by atoms with Gasteiger partial charge in [-0.2, -0.15) is 13.2 Å². The Morgan fingerprint density at radius 1 is 1.41 bits per heavy atom. The lowest BCUT2D eigenvalue weighted by atomic mass is 10.1. The molecule has 1 aromatic rings. The summed E-state index contributed by atoms with van der Waals surface area (Å²) in [6.07, 6.45) is -5.05. The fourth-order valence-corrected chi connectivity index (χ4v) is 1.20. The number of carboxylic acid groups (broad SMARTS) is 1. The molecule has 1 rings (SSSR count). The molecule has 92 valence electrons. The standard InChI is InChI=1S/C8H5F3N2O4/c9-8(10,11)4-1-3(7(14)15)2-5(12)6(4)13(16)17/h1-2H,12H2,(H,14,15). The van der Waals surface area contributed by atoms with Gasteiger partial charge in [0.1, 0.15) is 11.3 Å². The van der Waals surface area contributed by atoms with Gasteiger partial charge in [0.05, 0.1) is 10.5 Å². The van der Waals surface area contributed by atoms with E-state index in [2.05, 4.69) is 0 Å². The molecule has 1 aromatic carbocycles. The first-order valence-electron chi connectivity index (χ1n) is 4.03. The quantitative estimate of drug-likeness (QED) is 0.473. The first-order valence-corrected chi connectivity index (χ1v) is 4.03. The minimum atomic E-state index is -5.05. The Morgan fingerprint density at radius 3 is 2.29 bits per heavy atom. The van der Waals surface area contributed by atoms with Crippen LogP contribution in [0.4, 0.5) is 24.5 Å². The number of anilines is 1. The average molecular weight is 250 g/mol. The van der Waals surface area contributed by atoms with Crippen molar-refractivity contribution >= 4 is 17.3 Å². The van der Waals surface area contributed by atoms with Crippen molar-refractivity contribution in [2.24, 2.45) is 0 Å². The second-order valence-corrected chi connectivity index (χ2v) is 3.02. The Hall–Kier alpha value is -2.32. The number of alkyl halides is 3. The van der Waals surface area contributed by atoms with E-state index in [1.54, 1.807) is 0 Å². The molecular formula is C8H5F3N2O4. The number of benzene rings is 1. The molecule has 0 aromatic heterocycles. The summed E-state index contributed by atoms with van der Waals surface area (Å²) in [5, 5.41) is 19.0. The van der Waals surface area contributed by atoms with Gasteiger partial charge in [-0.25, -0.2) is 4.79 Å². The smallest absolute Gasteiger partial charge is 0.423 e. The Bertz CT molecular complexity index is 498. The van der Waals surface area contributed by atoms with E-state index in [4.69, 9.17) is 10.8 Å². The van der Waals surface area contributed by atoms with Crippen LogP contribution < -0.4 is 5.73 Å². The van der Waals surface area contributed by atoms with E-state index in [0.29, 0.717) is 6.07 Å². The number of nitro groups is 1. The maximum absolute atomic E-state index is 12.5. The Morgan fingerprint density at radius 2 is 1.94 bits per heavy atom. The number of nitrogens with two attached hydrogens (primary N) is 1. The molecule has 0 atom stereocenters. The number of nitrogens with zero attached hydrogens (tertiary/aromatic N) is 1. The highest BCUT2D eigenvalue weighted by Crippen LogP contribution is 2.39. The van der Waals surface area contributed by atoms with Crippen molar-refractivity contribution in [1.29, 1.82) is 0 Å². The van der Waals surface area contributed by atoms with Crippen molar-refractivity contribution in [2.75, 3.05) is 5.73 Å². The summed E-state index contributed by atoms with van der Waals surface area (Å²) in [5.41, 5.74) is 0.418. The van der Waals surface area contributed by atoms with Gasteiger partial charge in [-0.05, 0) is 12.1 Å². The molecular weight excluding hydrogens is 245 g/mol. The van der Waals surface area contributed by atoms with Crippen molar-refractivity contribution in [1.82, 2.24) is 0 Å². The van der Waals surface area contributed by atoms with E-state index >= 15 is 0 Å². The molecule has 0 fully saturated rings. The molecule has 0 bridgehead atoms. The predicted octanol–water partition coefficient (Wildman–Crippen LogP) is 1.89. The fraction of sp³-hybridized carbons (Fsp3) is 0.125. The van der Waals surface area contributed by atoms with E-state index < -0.39 is 39.6 Å². The van der Waals surface area contributed by atoms with Gasteiger partial charge in [0.25, 0.3) is 0 Å². The Kier molecular flexibility index (Phi) is 2.94. The summed E-state index contributed by atoms with van der Waals surface area (Å²) < 4.78 is 37.4. The summed E-state index contributed by atoms with van der Waals surface area (Å²) >= 11 is 0. The van der Waals surface area contributed by atoms with E-state index in [9.17, 15) is 28.1 Å². The molecule has 0 saturated heterocycles. The van der Waals surface area contributed by atoms with Crippen molar-refractivity contribution in [2.45, 2.75) is 6.18 Å². The van der Waals surface area contributed by atoms with Gasteiger partial charge in [-0.3, -0.25) is 10.1 Å². The van der Waals surface area contributed by atoms with Gasteiger partial charge in [-0.1, -0.05) is 0 Å². The average Bonchev–Trinajstić information content (AvgIpc) is 2.14. The molecule has 0 aliphatic heterocycles. The molecule has 0 saturated carbocycles. The largest absolute Gasteiger partial charge is 0.478 e. The molecule has 6 nitrogen and oxygen atoms in total. The number of nitro benzene ring substituents is 1. The molecule has 17 heavy (non-hydrogen) atoms. The molecule has 3 N–H and O–H groups in total. The van der Waals surface area contributed by atoms with E-state index in [1.165, 1.54) is 0 Å². The van der Waals surface area contributed by atoms with Gasteiger partial charge < -0.3 is 10.8 Å². The van der Waals surface area contributed by atoms with Crippen molar-refractivity contribution < 1.29 is 28.0 Å². The molecule has 0 amide bonds. The molecule has 0 unspecified atom stereocenters. The van der Waals surface area contributed by atoms with Gasteiger partial charge >= 0.3 is 17.8 Å². The number of hydrogen-bond acceptors (Lipinski definition) is 4. The first kappa shape index (κ1) is 12.7. The lowest BCUT2D eigenvalue weighted by Crippen LogP contribution is -2.13. The number of carbonyl (C=O) groups is 1. The minimum absolute atomic E-state index is 0.177. The third-order valence-corrected chi connectivity index (χ3v) is 1.87. The summed E-state index contributed by atoms with van der Waals surface area (Å²) in [5.74, 6) is -1.66. The Labute approximate surface area is 91.6 Å². The van der Waals surface area contributed by atoms with E-state index in [-0.39, 0.29) is 6.07 Å². The van der Waals surface area contributed by atoms with E-state index in [0.717, 1.165) is 0 Å². The first-order chi connectivity index (χ1) is 7.64. The third-order valence-electron chi connectivity index (χ3n) is 1.87. The molecule has 0 spiro atoms. The summed E-state index contributed by atoms with van der Waals surface area (Å²) in [4.78, 5) is 19.7. The molecule has 0 heterocycles. The molecule has 0 radical (unpaired) electrons. The number of hydrogen-bond donors (Lipinski definition) is 2. The van der Waals surface area contributed by atoms with Gasteiger partial charge in [0.2, 0.25) is 0 Å². The number of rotatable bonds is 2. The van der Waals surface area contributed by atoms with Crippen LogP contribution in [0.5, 0.6) is 0 Å². The second kappa shape index (κ2) is 3.92. The van der Waals surface area contributed by atoms with Gasteiger partial charge in [-0.15, -0.1) is 0 Å². The fourth-order valence-electron chi connectivity index (χ4n) is 1.20. The molecule has 0 aliphatic rings. The zero-order chi connectivity index (χ0) is 13.4. The maximum Gasteiger partial charge on any atom is 0.423 e. The van der Waals surface area contributed by atoms with Crippen LogP contribution in [0.15, 0.2) is 12.1 Å². The van der Waals surface area contributed by atoms with Crippen LogP contribution in [-0.2, 0) is 6.18 Å². The van der Waals surface area contributed by atoms with Crippen LogP contribution in [0.2, 0.25) is 0 Å². The number of carboxylic acids is 1. The zero-order valence-corrected chi connectivity index (χ0v) is 7.99. The third kappa shape index (κ3) is 2.44.